The zero-order valence-corrected chi connectivity index (χ0v) is 13.4. The van der Waals surface area contributed by atoms with Gasteiger partial charge >= 0.3 is 5.69 Å². The molecule has 0 saturated carbocycles. The van der Waals surface area contributed by atoms with Gasteiger partial charge in [-0.15, -0.1) is 0 Å². The van der Waals surface area contributed by atoms with Gasteiger partial charge in [-0.1, -0.05) is 0 Å². The number of aliphatic hydroxyl groups excluding tert-OH is 2. The van der Waals surface area contributed by atoms with Gasteiger partial charge in [-0.05, 0) is 52.4 Å². The molecule has 0 spiro atoms. The van der Waals surface area contributed by atoms with Gasteiger partial charge in [0.1, 0.15) is 6.20 Å². The van der Waals surface area contributed by atoms with Crippen molar-refractivity contribution in [3.8, 4) is 0 Å². The zero-order chi connectivity index (χ0) is 16.5. The topological polar surface area (TPSA) is 97.3 Å². The van der Waals surface area contributed by atoms with E-state index in [1.165, 1.54) is 15.4 Å². The minimum Gasteiger partial charge on any atom is -0.393 e. The van der Waals surface area contributed by atoms with Crippen LogP contribution in [0.5, 0.6) is 0 Å². The second kappa shape index (κ2) is 9.53. The Bertz CT molecular complexity index is 548. The first kappa shape index (κ1) is 18.6. The second-order valence-corrected chi connectivity index (χ2v) is 5.83. The molecule has 0 amide bonds. The van der Waals surface area contributed by atoms with Crippen LogP contribution in [0.3, 0.4) is 0 Å². The Morgan fingerprint density at radius 1 is 1.00 bits per heavy atom. The van der Waals surface area contributed by atoms with E-state index >= 15 is 0 Å². The van der Waals surface area contributed by atoms with E-state index in [0.717, 1.165) is 19.3 Å². The van der Waals surface area contributed by atoms with Crippen molar-refractivity contribution in [2.75, 3.05) is 0 Å². The predicted octanol–water partition coefficient (Wildman–Crippen LogP) is 0.507. The minimum atomic E-state index is -0.387. The molecule has 1 aromatic rings. The van der Waals surface area contributed by atoms with Crippen LogP contribution >= 0.6 is 0 Å². The number of hydrogen-bond donors (Lipinski definition) is 2. The standard InChI is InChI=1S/C15H27N3O4/c1-12(19)7-3-5-9-17-14(21)11-16-18(15(17)22)10-6-4-8-13(2)20/h11-13,19-20H,3-10H2,1-2H3/t12-,13-/m1/s1. The molecule has 0 bridgehead atoms. The molecule has 7 nitrogen and oxygen atoms in total. The fourth-order valence-electron chi connectivity index (χ4n) is 2.24. The summed E-state index contributed by atoms with van der Waals surface area (Å²) in [6.07, 6.45) is 4.79. The van der Waals surface area contributed by atoms with Crippen LogP contribution in [0.2, 0.25) is 0 Å². The first-order valence-electron chi connectivity index (χ1n) is 7.95. The maximum absolute atomic E-state index is 12.2. The Hall–Kier alpha value is -1.47. The van der Waals surface area contributed by atoms with E-state index in [-0.39, 0.29) is 23.5 Å². The molecule has 7 heteroatoms. The summed E-state index contributed by atoms with van der Waals surface area (Å²) in [4.78, 5) is 24.0. The molecular weight excluding hydrogens is 286 g/mol. The molecule has 126 valence electrons. The summed E-state index contributed by atoms with van der Waals surface area (Å²) in [7, 11) is 0. The van der Waals surface area contributed by atoms with Gasteiger partial charge in [-0.3, -0.25) is 9.36 Å². The molecule has 2 atom stereocenters. The molecule has 0 aliphatic carbocycles. The lowest BCUT2D eigenvalue weighted by Crippen LogP contribution is -2.41. The third kappa shape index (κ3) is 6.53. The van der Waals surface area contributed by atoms with Crippen molar-refractivity contribution < 1.29 is 10.2 Å². The Morgan fingerprint density at radius 3 is 2.09 bits per heavy atom. The maximum atomic E-state index is 12.2. The van der Waals surface area contributed by atoms with Gasteiger partial charge in [0.15, 0.2) is 0 Å². The monoisotopic (exact) mass is 313 g/mol. The number of aliphatic hydroxyl groups is 2. The average molecular weight is 313 g/mol. The fourth-order valence-corrected chi connectivity index (χ4v) is 2.24. The van der Waals surface area contributed by atoms with E-state index in [2.05, 4.69) is 5.10 Å². The quantitative estimate of drug-likeness (QED) is 0.613. The third-order valence-corrected chi connectivity index (χ3v) is 3.52. The number of nitrogens with zero attached hydrogens (tertiary/aromatic N) is 3. The molecule has 1 rings (SSSR count). The van der Waals surface area contributed by atoms with Crippen molar-refractivity contribution in [3.63, 3.8) is 0 Å². The minimum absolute atomic E-state index is 0.340. The first-order chi connectivity index (χ1) is 10.4. The van der Waals surface area contributed by atoms with Gasteiger partial charge in [0.2, 0.25) is 0 Å². The number of aryl methyl sites for hydroxylation is 1. The van der Waals surface area contributed by atoms with Crippen LogP contribution in [0.25, 0.3) is 0 Å². The Balaban J connectivity index is 2.60. The molecular formula is C15H27N3O4. The molecule has 0 aliphatic heterocycles. The SMILES string of the molecule is C[C@@H](O)CCCCn1ncc(=O)n(CCCC[C@@H](C)O)c1=O. The first-order valence-corrected chi connectivity index (χ1v) is 7.95. The number of hydrogen-bond acceptors (Lipinski definition) is 5. The van der Waals surface area contributed by atoms with Gasteiger partial charge in [0.05, 0.1) is 12.2 Å². The van der Waals surface area contributed by atoms with E-state index in [1.54, 1.807) is 13.8 Å². The van der Waals surface area contributed by atoms with Gasteiger partial charge in [-0.25, -0.2) is 9.48 Å². The summed E-state index contributed by atoms with van der Waals surface area (Å²) in [6, 6.07) is 0. The molecule has 0 unspecified atom stereocenters. The molecule has 2 N–H and O–H groups in total. The van der Waals surface area contributed by atoms with Crippen LogP contribution in [0.15, 0.2) is 15.8 Å². The lowest BCUT2D eigenvalue weighted by molar-refractivity contribution is 0.179. The number of rotatable bonds is 10. The van der Waals surface area contributed by atoms with Crippen molar-refractivity contribution in [1.82, 2.24) is 14.3 Å². The number of aromatic nitrogens is 3. The highest BCUT2D eigenvalue weighted by Gasteiger charge is 2.07. The van der Waals surface area contributed by atoms with Gasteiger partial charge in [0.25, 0.3) is 5.56 Å². The molecule has 0 saturated heterocycles. The van der Waals surface area contributed by atoms with Crippen LogP contribution < -0.4 is 11.2 Å². The van der Waals surface area contributed by atoms with E-state index in [0.29, 0.717) is 32.4 Å². The van der Waals surface area contributed by atoms with Crippen LogP contribution in [0.4, 0.5) is 0 Å². The van der Waals surface area contributed by atoms with Gasteiger partial charge < -0.3 is 10.2 Å². The van der Waals surface area contributed by atoms with E-state index in [4.69, 9.17) is 0 Å². The summed E-state index contributed by atoms with van der Waals surface area (Å²) in [6.45, 7) is 4.25. The summed E-state index contributed by atoms with van der Waals surface area (Å²) >= 11 is 0. The average Bonchev–Trinajstić information content (AvgIpc) is 2.44. The lowest BCUT2D eigenvalue weighted by atomic mass is 10.2. The molecule has 0 fully saturated rings. The van der Waals surface area contributed by atoms with E-state index < -0.39 is 0 Å². The highest BCUT2D eigenvalue weighted by molar-refractivity contribution is 4.76. The molecule has 0 aliphatic rings. The van der Waals surface area contributed by atoms with Crippen molar-refractivity contribution in [2.45, 2.75) is 77.7 Å². The van der Waals surface area contributed by atoms with Crippen molar-refractivity contribution in [1.29, 1.82) is 0 Å². The van der Waals surface area contributed by atoms with E-state index in [9.17, 15) is 19.8 Å². The van der Waals surface area contributed by atoms with Crippen LogP contribution in [0.1, 0.15) is 52.4 Å². The fraction of sp³-hybridized carbons (Fsp3) is 0.800. The Labute approximate surface area is 130 Å². The summed E-state index contributed by atoms with van der Waals surface area (Å²) in [5, 5.41) is 22.3. The van der Waals surface area contributed by atoms with Crippen LogP contribution in [-0.4, -0.2) is 36.8 Å². The van der Waals surface area contributed by atoms with Crippen molar-refractivity contribution in [2.24, 2.45) is 0 Å². The zero-order valence-electron chi connectivity index (χ0n) is 13.4. The van der Waals surface area contributed by atoms with E-state index in [1.807, 2.05) is 0 Å². The highest BCUT2D eigenvalue weighted by atomic mass is 16.3. The summed E-state index contributed by atoms with van der Waals surface area (Å²) < 4.78 is 2.50. The molecule has 22 heavy (non-hydrogen) atoms. The van der Waals surface area contributed by atoms with Gasteiger partial charge in [0, 0.05) is 13.1 Å². The van der Waals surface area contributed by atoms with Gasteiger partial charge in [-0.2, -0.15) is 5.10 Å². The van der Waals surface area contributed by atoms with Crippen LogP contribution in [-0.2, 0) is 13.1 Å². The lowest BCUT2D eigenvalue weighted by Gasteiger charge is -2.09. The second-order valence-electron chi connectivity index (χ2n) is 5.83. The summed E-state index contributed by atoms with van der Waals surface area (Å²) in [5.74, 6) is 0. The normalized spacial score (nSPS) is 14.0. The predicted molar refractivity (Wildman–Crippen MR) is 83.8 cm³/mol. The highest BCUT2D eigenvalue weighted by Crippen LogP contribution is 2.01. The third-order valence-electron chi connectivity index (χ3n) is 3.52. The maximum Gasteiger partial charge on any atom is 0.347 e. The molecule has 1 aromatic heterocycles. The Kier molecular flexibility index (Phi) is 8.05. The summed E-state index contributed by atoms with van der Waals surface area (Å²) in [5.41, 5.74) is -0.774. The smallest absolute Gasteiger partial charge is 0.347 e. The van der Waals surface area contributed by atoms with Crippen molar-refractivity contribution in [3.05, 3.63) is 27.0 Å². The Morgan fingerprint density at radius 2 is 1.55 bits per heavy atom. The largest absolute Gasteiger partial charge is 0.393 e. The number of unbranched alkanes of at least 4 members (excludes halogenated alkanes) is 2. The molecule has 1 heterocycles. The van der Waals surface area contributed by atoms with Crippen molar-refractivity contribution >= 4 is 0 Å². The van der Waals surface area contributed by atoms with Crippen LogP contribution in [0, 0.1) is 0 Å². The molecule has 0 radical (unpaired) electrons. The molecule has 0 aromatic carbocycles.